The van der Waals surface area contributed by atoms with Gasteiger partial charge in [0.15, 0.2) is 0 Å². The van der Waals surface area contributed by atoms with E-state index in [1.165, 1.54) is 13.3 Å². The minimum Gasteiger partial charge on any atom is -0.494 e. The van der Waals surface area contributed by atoms with Crippen LogP contribution in [0.4, 0.5) is 11.4 Å². The molecule has 1 fully saturated rings. The number of carbonyl (C=O) groups is 2. The normalized spacial score (nSPS) is 13.5. The van der Waals surface area contributed by atoms with E-state index in [1.54, 1.807) is 12.1 Å². The van der Waals surface area contributed by atoms with Gasteiger partial charge in [-0.25, -0.2) is 0 Å². The van der Waals surface area contributed by atoms with Crippen LogP contribution in [0.3, 0.4) is 0 Å². The fourth-order valence-corrected chi connectivity index (χ4v) is 2.62. The Hall–Kier alpha value is -2.83. The number of nitrogens with zero attached hydrogens (tertiary/aromatic N) is 1. The number of benzene rings is 1. The van der Waals surface area contributed by atoms with Crippen LogP contribution in [0.5, 0.6) is 5.75 Å². The van der Waals surface area contributed by atoms with Crippen molar-refractivity contribution in [1.29, 1.82) is 0 Å². The van der Waals surface area contributed by atoms with Crippen molar-refractivity contribution in [2.45, 2.75) is 38.6 Å². The first-order chi connectivity index (χ1) is 12.0. The van der Waals surface area contributed by atoms with Gasteiger partial charge in [0.05, 0.1) is 29.6 Å². The van der Waals surface area contributed by atoms with E-state index in [9.17, 15) is 9.59 Å². The molecule has 0 radical (unpaired) electrons. The van der Waals surface area contributed by atoms with E-state index in [-0.39, 0.29) is 17.9 Å². The summed E-state index contributed by atoms with van der Waals surface area (Å²) in [5.41, 5.74) is 8.02. The van der Waals surface area contributed by atoms with Crippen LogP contribution in [0, 0.1) is 0 Å². The largest absolute Gasteiger partial charge is 0.494 e. The number of ether oxygens (including phenoxy) is 1. The zero-order valence-electron chi connectivity index (χ0n) is 14.4. The van der Waals surface area contributed by atoms with Crippen molar-refractivity contribution in [2.75, 3.05) is 18.2 Å². The minimum atomic E-state index is -0.221. The van der Waals surface area contributed by atoms with E-state index in [1.807, 2.05) is 6.92 Å². The van der Waals surface area contributed by atoms with E-state index < -0.39 is 0 Å². The summed E-state index contributed by atoms with van der Waals surface area (Å²) in [5, 5.41) is 6.34. The molecule has 1 aliphatic carbocycles. The standard InChI is InChI=1S/C18H22N4O3/c1-3-4-16(23)22-14-7-11-13(8-15(14)25-2)20-9-12(17(11)19)18(24)21-10-5-6-10/h7-10H,3-6H2,1-2H3,(H2,19,20)(H,21,24)(H,22,23). The number of hydrogen-bond donors (Lipinski definition) is 3. The molecule has 1 saturated carbocycles. The van der Waals surface area contributed by atoms with E-state index in [4.69, 9.17) is 10.5 Å². The van der Waals surface area contributed by atoms with E-state index >= 15 is 0 Å². The van der Waals surface area contributed by atoms with Crippen molar-refractivity contribution in [3.63, 3.8) is 0 Å². The lowest BCUT2D eigenvalue weighted by molar-refractivity contribution is -0.116. The first-order valence-corrected chi connectivity index (χ1v) is 8.40. The Bertz CT molecular complexity index is 831. The molecule has 1 aliphatic rings. The van der Waals surface area contributed by atoms with Gasteiger partial charge in [-0.1, -0.05) is 6.92 Å². The maximum absolute atomic E-state index is 12.3. The van der Waals surface area contributed by atoms with Crippen LogP contribution in [0.1, 0.15) is 43.0 Å². The highest BCUT2D eigenvalue weighted by Gasteiger charge is 2.25. The van der Waals surface area contributed by atoms with Gasteiger partial charge in [0.25, 0.3) is 5.91 Å². The lowest BCUT2D eigenvalue weighted by Crippen LogP contribution is -2.26. The summed E-state index contributed by atoms with van der Waals surface area (Å²) in [6.45, 7) is 1.93. The first kappa shape index (κ1) is 17.0. The number of aromatic nitrogens is 1. The Morgan fingerprint density at radius 2 is 2.12 bits per heavy atom. The number of methoxy groups -OCH3 is 1. The van der Waals surface area contributed by atoms with Gasteiger partial charge in [0, 0.05) is 30.1 Å². The summed E-state index contributed by atoms with van der Waals surface area (Å²) >= 11 is 0. The van der Waals surface area contributed by atoms with Crippen LogP contribution >= 0.6 is 0 Å². The molecule has 1 heterocycles. The third-order valence-corrected chi connectivity index (χ3v) is 4.14. The van der Waals surface area contributed by atoms with Crippen LogP contribution in [0.25, 0.3) is 10.9 Å². The summed E-state index contributed by atoms with van der Waals surface area (Å²) in [7, 11) is 1.53. The smallest absolute Gasteiger partial charge is 0.255 e. The number of rotatable bonds is 6. The number of nitrogens with two attached hydrogens (primary N) is 1. The minimum absolute atomic E-state index is 0.102. The molecular formula is C18H22N4O3. The van der Waals surface area contributed by atoms with Gasteiger partial charge >= 0.3 is 0 Å². The third kappa shape index (κ3) is 3.65. The zero-order chi connectivity index (χ0) is 18.0. The molecule has 0 bridgehead atoms. The number of anilines is 2. The fraction of sp³-hybridized carbons (Fsp3) is 0.389. The van der Waals surface area contributed by atoms with E-state index in [0.717, 1.165) is 19.3 Å². The second-order valence-corrected chi connectivity index (χ2v) is 6.20. The summed E-state index contributed by atoms with van der Waals surface area (Å²) in [5.74, 6) is 0.176. The Morgan fingerprint density at radius 1 is 1.36 bits per heavy atom. The van der Waals surface area contributed by atoms with E-state index in [2.05, 4.69) is 15.6 Å². The molecule has 132 valence electrons. The molecule has 7 heteroatoms. The monoisotopic (exact) mass is 342 g/mol. The number of nitrogen functional groups attached to an aromatic ring is 1. The Balaban J connectivity index is 2.00. The molecule has 4 N–H and O–H groups in total. The quantitative estimate of drug-likeness (QED) is 0.747. The number of amides is 2. The number of nitrogens with one attached hydrogen (secondary N) is 2. The Morgan fingerprint density at radius 3 is 2.76 bits per heavy atom. The summed E-state index contributed by atoms with van der Waals surface area (Å²) in [4.78, 5) is 28.6. The SMILES string of the molecule is CCCC(=O)Nc1cc2c(N)c(C(=O)NC3CC3)cnc2cc1OC. The molecule has 3 rings (SSSR count). The average molecular weight is 342 g/mol. The fourth-order valence-electron chi connectivity index (χ4n) is 2.62. The van der Waals surface area contributed by atoms with Gasteiger partial charge in [0.1, 0.15) is 5.75 Å². The van der Waals surface area contributed by atoms with Crippen molar-refractivity contribution in [3.05, 3.63) is 23.9 Å². The highest BCUT2D eigenvalue weighted by Crippen LogP contribution is 2.33. The van der Waals surface area contributed by atoms with Gasteiger partial charge < -0.3 is 21.1 Å². The second-order valence-electron chi connectivity index (χ2n) is 6.20. The molecule has 25 heavy (non-hydrogen) atoms. The first-order valence-electron chi connectivity index (χ1n) is 8.40. The molecule has 0 spiro atoms. The Kier molecular flexibility index (Phi) is 4.74. The molecule has 1 aromatic carbocycles. The van der Waals surface area contributed by atoms with Crippen molar-refractivity contribution in [3.8, 4) is 5.75 Å². The highest BCUT2D eigenvalue weighted by molar-refractivity contribution is 6.08. The van der Waals surface area contributed by atoms with E-state index in [0.29, 0.717) is 40.0 Å². The van der Waals surface area contributed by atoms with Crippen molar-refractivity contribution >= 4 is 34.1 Å². The molecule has 0 unspecified atom stereocenters. The van der Waals surface area contributed by atoms with Crippen LogP contribution in [0.15, 0.2) is 18.3 Å². The number of fused-ring (bicyclic) bond motifs is 1. The summed E-state index contributed by atoms with van der Waals surface area (Å²) in [6, 6.07) is 3.65. The molecule has 2 amide bonds. The predicted octanol–water partition coefficient (Wildman–Crippen LogP) is 2.46. The molecule has 2 aromatic rings. The molecular weight excluding hydrogens is 320 g/mol. The summed E-state index contributed by atoms with van der Waals surface area (Å²) in [6.07, 6.45) is 4.63. The van der Waals surface area contributed by atoms with Gasteiger partial charge in [-0.05, 0) is 25.3 Å². The molecule has 1 aromatic heterocycles. The lowest BCUT2D eigenvalue weighted by atomic mass is 10.1. The van der Waals surface area contributed by atoms with Crippen molar-refractivity contribution < 1.29 is 14.3 Å². The summed E-state index contributed by atoms with van der Waals surface area (Å²) < 4.78 is 5.34. The third-order valence-electron chi connectivity index (χ3n) is 4.14. The Labute approximate surface area is 145 Å². The molecule has 0 atom stereocenters. The number of hydrogen-bond acceptors (Lipinski definition) is 5. The van der Waals surface area contributed by atoms with Gasteiger partial charge in [-0.2, -0.15) is 0 Å². The zero-order valence-corrected chi connectivity index (χ0v) is 14.4. The van der Waals surface area contributed by atoms with Crippen LogP contribution in [-0.4, -0.2) is 29.9 Å². The molecule has 0 saturated heterocycles. The maximum Gasteiger partial charge on any atom is 0.255 e. The average Bonchev–Trinajstić information content (AvgIpc) is 3.39. The maximum atomic E-state index is 12.3. The predicted molar refractivity (Wildman–Crippen MR) is 96.7 cm³/mol. The number of pyridine rings is 1. The molecule has 7 nitrogen and oxygen atoms in total. The lowest BCUT2D eigenvalue weighted by Gasteiger charge is -2.14. The van der Waals surface area contributed by atoms with Crippen molar-refractivity contribution in [2.24, 2.45) is 0 Å². The number of carbonyl (C=O) groups excluding carboxylic acids is 2. The molecule has 0 aliphatic heterocycles. The van der Waals surface area contributed by atoms with Gasteiger partial charge in [0.2, 0.25) is 5.91 Å². The highest BCUT2D eigenvalue weighted by atomic mass is 16.5. The van der Waals surface area contributed by atoms with Crippen molar-refractivity contribution in [1.82, 2.24) is 10.3 Å². The second kappa shape index (κ2) is 6.96. The van der Waals surface area contributed by atoms with Gasteiger partial charge in [-0.3, -0.25) is 14.6 Å². The topological polar surface area (TPSA) is 106 Å². The van der Waals surface area contributed by atoms with Crippen LogP contribution in [-0.2, 0) is 4.79 Å². The van der Waals surface area contributed by atoms with Gasteiger partial charge in [-0.15, -0.1) is 0 Å². The van der Waals surface area contributed by atoms with Crippen LogP contribution in [0.2, 0.25) is 0 Å². The van der Waals surface area contributed by atoms with Crippen LogP contribution < -0.4 is 21.1 Å².